The number of hydrogen-bond donors (Lipinski definition) is 1. The molecule has 17 heavy (non-hydrogen) atoms. The van der Waals surface area contributed by atoms with Gasteiger partial charge in [0.2, 0.25) is 0 Å². The molecule has 0 aromatic carbocycles. The van der Waals surface area contributed by atoms with Gasteiger partial charge in [-0.1, -0.05) is 19.8 Å². The molecule has 2 heteroatoms. The third-order valence-corrected chi connectivity index (χ3v) is 3.80. The molecule has 1 aromatic rings. The molecule has 0 fully saturated rings. The van der Waals surface area contributed by atoms with Crippen molar-refractivity contribution in [1.82, 2.24) is 4.57 Å². The van der Waals surface area contributed by atoms with Gasteiger partial charge in [-0.2, -0.15) is 0 Å². The Morgan fingerprint density at radius 2 is 2.18 bits per heavy atom. The SMILES string of the molecule is C#CC(C)(C)n1ccc2c1CC(C)(C)CC2N. The van der Waals surface area contributed by atoms with Crippen molar-refractivity contribution < 1.29 is 0 Å². The molecule has 1 atom stereocenters. The van der Waals surface area contributed by atoms with Crippen LogP contribution in [0.1, 0.15) is 51.4 Å². The lowest BCUT2D eigenvalue weighted by Gasteiger charge is -2.36. The summed E-state index contributed by atoms with van der Waals surface area (Å²) in [5, 5.41) is 0. The number of nitrogens with zero attached hydrogens (tertiary/aromatic N) is 1. The largest absolute Gasteiger partial charge is 0.335 e. The van der Waals surface area contributed by atoms with E-state index >= 15 is 0 Å². The summed E-state index contributed by atoms with van der Waals surface area (Å²) in [7, 11) is 0. The van der Waals surface area contributed by atoms with E-state index in [4.69, 9.17) is 12.2 Å². The number of hydrogen-bond acceptors (Lipinski definition) is 1. The van der Waals surface area contributed by atoms with Crippen molar-refractivity contribution in [3.05, 3.63) is 23.5 Å². The fraction of sp³-hybridized carbons (Fsp3) is 0.600. The summed E-state index contributed by atoms with van der Waals surface area (Å²) in [5.74, 6) is 2.86. The molecule has 0 spiro atoms. The third kappa shape index (κ3) is 2.00. The second-order valence-corrected chi connectivity index (χ2v) is 6.44. The van der Waals surface area contributed by atoms with Gasteiger partial charge in [0, 0.05) is 17.9 Å². The Hall–Kier alpha value is -1.20. The van der Waals surface area contributed by atoms with Crippen molar-refractivity contribution in [3.8, 4) is 12.3 Å². The van der Waals surface area contributed by atoms with Gasteiger partial charge >= 0.3 is 0 Å². The summed E-state index contributed by atoms with van der Waals surface area (Å²) < 4.78 is 2.21. The van der Waals surface area contributed by atoms with Crippen LogP contribution in [0.2, 0.25) is 0 Å². The minimum Gasteiger partial charge on any atom is -0.335 e. The highest BCUT2D eigenvalue weighted by atomic mass is 15.0. The van der Waals surface area contributed by atoms with Crippen LogP contribution in [-0.2, 0) is 12.0 Å². The first-order chi connectivity index (χ1) is 7.77. The van der Waals surface area contributed by atoms with Crippen LogP contribution in [0.3, 0.4) is 0 Å². The van der Waals surface area contributed by atoms with Crippen molar-refractivity contribution in [3.63, 3.8) is 0 Å². The standard InChI is InChI=1S/C15H22N2/c1-6-15(4,5)17-8-7-11-12(16)9-14(2,3)10-13(11)17/h1,7-8,12H,9-10,16H2,2-5H3. The number of rotatable bonds is 1. The van der Waals surface area contributed by atoms with Gasteiger partial charge in [-0.15, -0.1) is 6.42 Å². The van der Waals surface area contributed by atoms with Crippen molar-refractivity contribution in [2.45, 2.75) is 52.1 Å². The maximum Gasteiger partial charge on any atom is 0.0992 e. The molecule has 0 amide bonds. The maximum atomic E-state index is 6.26. The van der Waals surface area contributed by atoms with E-state index in [1.165, 1.54) is 11.3 Å². The van der Waals surface area contributed by atoms with Gasteiger partial charge in [-0.05, 0) is 43.7 Å². The van der Waals surface area contributed by atoms with Gasteiger partial charge in [-0.3, -0.25) is 0 Å². The van der Waals surface area contributed by atoms with E-state index in [9.17, 15) is 0 Å². The van der Waals surface area contributed by atoms with Crippen LogP contribution in [0.5, 0.6) is 0 Å². The Morgan fingerprint density at radius 3 is 2.76 bits per heavy atom. The maximum absolute atomic E-state index is 6.26. The third-order valence-electron chi connectivity index (χ3n) is 3.80. The van der Waals surface area contributed by atoms with E-state index < -0.39 is 0 Å². The van der Waals surface area contributed by atoms with Gasteiger partial charge in [0.1, 0.15) is 0 Å². The van der Waals surface area contributed by atoms with Crippen molar-refractivity contribution in [2.75, 3.05) is 0 Å². The van der Waals surface area contributed by atoms with Crippen LogP contribution in [0, 0.1) is 17.8 Å². The molecule has 0 radical (unpaired) electrons. The highest BCUT2D eigenvalue weighted by Crippen LogP contribution is 2.41. The summed E-state index contributed by atoms with van der Waals surface area (Å²) in [5.41, 5.74) is 8.82. The summed E-state index contributed by atoms with van der Waals surface area (Å²) in [6.45, 7) is 8.69. The van der Waals surface area contributed by atoms with E-state index in [1.54, 1.807) is 0 Å². The molecule has 0 bridgehead atoms. The highest BCUT2D eigenvalue weighted by Gasteiger charge is 2.34. The molecule has 92 valence electrons. The predicted octanol–water partition coefficient (Wildman–Crippen LogP) is 2.83. The van der Waals surface area contributed by atoms with Crippen LogP contribution in [0.25, 0.3) is 0 Å². The normalized spacial score (nSPS) is 22.9. The summed E-state index contributed by atoms with van der Waals surface area (Å²) in [6, 6.07) is 2.28. The highest BCUT2D eigenvalue weighted by molar-refractivity contribution is 5.32. The molecule has 2 nitrogen and oxygen atoms in total. The summed E-state index contributed by atoms with van der Waals surface area (Å²) in [4.78, 5) is 0. The first kappa shape index (κ1) is 12.3. The van der Waals surface area contributed by atoms with Gasteiger partial charge in [0.25, 0.3) is 0 Å². The lowest BCUT2D eigenvalue weighted by Crippen LogP contribution is -2.33. The molecular formula is C15H22N2. The number of fused-ring (bicyclic) bond motifs is 1. The van der Waals surface area contributed by atoms with Crippen molar-refractivity contribution in [1.29, 1.82) is 0 Å². The Labute approximate surface area is 104 Å². The zero-order chi connectivity index (χ0) is 12.8. The second kappa shape index (κ2) is 3.65. The van der Waals surface area contributed by atoms with Crippen LogP contribution in [0.4, 0.5) is 0 Å². The van der Waals surface area contributed by atoms with Gasteiger partial charge < -0.3 is 10.3 Å². The molecule has 1 aromatic heterocycles. The Morgan fingerprint density at radius 1 is 1.53 bits per heavy atom. The minimum absolute atomic E-state index is 0.142. The number of terminal acetylenes is 1. The van der Waals surface area contributed by atoms with Crippen LogP contribution >= 0.6 is 0 Å². The molecular weight excluding hydrogens is 208 g/mol. The van der Waals surface area contributed by atoms with Crippen LogP contribution < -0.4 is 5.73 Å². The van der Waals surface area contributed by atoms with E-state index in [-0.39, 0.29) is 17.0 Å². The monoisotopic (exact) mass is 230 g/mol. The smallest absolute Gasteiger partial charge is 0.0992 e. The minimum atomic E-state index is -0.277. The summed E-state index contributed by atoms with van der Waals surface area (Å²) >= 11 is 0. The fourth-order valence-electron chi connectivity index (χ4n) is 2.83. The lowest BCUT2D eigenvalue weighted by atomic mass is 9.74. The quantitative estimate of drug-likeness (QED) is 0.739. The number of aromatic nitrogens is 1. The van der Waals surface area contributed by atoms with Gasteiger partial charge in [0.05, 0.1) is 5.54 Å². The first-order valence-corrected chi connectivity index (χ1v) is 6.21. The zero-order valence-electron chi connectivity index (χ0n) is 11.2. The van der Waals surface area contributed by atoms with Crippen molar-refractivity contribution >= 4 is 0 Å². The van der Waals surface area contributed by atoms with E-state index in [1.807, 2.05) is 0 Å². The zero-order valence-corrected chi connectivity index (χ0v) is 11.2. The molecule has 1 heterocycles. The first-order valence-electron chi connectivity index (χ1n) is 6.21. The fourth-order valence-corrected chi connectivity index (χ4v) is 2.83. The second-order valence-electron chi connectivity index (χ2n) is 6.44. The van der Waals surface area contributed by atoms with Gasteiger partial charge in [-0.25, -0.2) is 0 Å². The predicted molar refractivity (Wildman–Crippen MR) is 71.6 cm³/mol. The molecule has 0 aliphatic heterocycles. The Bertz CT molecular complexity index is 472. The molecule has 1 aliphatic rings. The van der Waals surface area contributed by atoms with Crippen molar-refractivity contribution in [2.24, 2.45) is 11.1 Å². The summed E-state index contributed by atoms with van der Waals surface area (Å²) in [6.07, 6.45) is 9.81. The van der Waals surface area contributed by atoms with Crippen LogP contribution in [0.15, 0.2) is 12.3 Å². The van der Waals surface area contributed by atoms with Gasteiger partial charge in [0.15, 0.2) is 0 Å². The number of nitrogens with two attached hydrogens (primary N) is 1. The lowest BCUT2D eigenvalue weighted by molar-refractivity contribution is 0.269. The topological polar surface area (TPSA) is 30.9 Å². The Kier molecular flexibility index (Phi) is 2.63. The van der Waals surface area contributed by atoms with E-state index in [2.05, 4.69) is 50.4 Å². The average Bonchev–Trinajstić information content (AvgIpc) is 2.60. The molecule has 1 unspecified atom stereocenters. The molecule has 2 rings (SSSR count). The van der Waals surface area contributed by atoms with E-state index in [0.29, 0.717) is 0 Å². The molecule has 1 aliphatic carbocycles. The molecule has 0 saturated carbocycles. The Balaban J connectivity index is 2.53. The van der Waals surface area contributed by atoms with Crippen LogP contribution in [-0.4, -0.2) is 4.57 Å². The van der Waals surface area contributed by atoms with E-state index in [0.717, 1.165) is 12.8 Å². The average molecular weight is 230 g/mol. The molecule has 2 N–H and O–H groups in total. The molecule has 0 saturated heterocycles.